The SMILES string of the molecule is Cc1cc(NC(=S)NC(=O)c2ccc(Cl)c(Cl)c2)ccc1NC(=O)c1cc2ccccc2o1. The summed E-state index contributed by atoms with van der Waals surface area (Å²) in [5.41, 5.74) is 3.04. The minimum absolute atomic E-state index is 0.115. The maximum absolute atomic E-state index is 12.6. The molecule has 0 unspecified atom stereocenters. The highest BCUT2D eigenvalue weighted by Gasteiger charge is 2.14. The van der Waals surface area contributed by atoms with Gasteiger partial charge in [0.2, 0.25) is 0 Å². The van der Waals surface area contributed by atoms with Crippen LogP contribution in [0.5, 0.6) is 0 Å². The van der Waals surface area contributed by atoms with Crippen molar-refractivity contribution in [3.8, 4) is 0 Å². The van der Waals surface area contributed by atoms with Gasteiger partial charge >= 0.3 is 0 Å². The van der Waals surface area contributed by atoms with Gasteiger partial charge in [0.1, 0.15) is 5.58 Å². The number of nitrogens with one attached hydrogen (secondary N) is 3. The average Bonchev–Trinajstić information content (AvgIpc) is 3.22. The zero-order chi connectivity index (χ0) is 23.5. The van der Waals surface area contributed by atoms with Crippen LogP contribution in [0.3, 0.4) is 0 Å². The lowest BCUT2D eigenvalue weighted by Crippen LogP contribution is -2.34. The number of amides is 2. The fourth-order valence-electron chi connectivity index (χ4n) is 3.13. The number of benzene rings is 3. The van der Waals surface area contributed by atoms with Gasteiger partial charge < -0.3 is 15.1 Å². The number of carbonyl (C=O) groups is 2. The van der Waals surface area contributed by atoms with Crippen molar-refractivity contribution in [1.29, 1.82) is 0 Å². The van der Waals surface area contributed by atoms with E-state index in [0.29, 0.717) is 27.5 Å². The second kappa shape index (κ2) is 9.62. The number of hydrogen-bond donors (Lipinski definition) is 3. The smallest absolute Gasteiger partial charge is 0.291 e. The van der Waals surface area contributed by atoms with E-state index in [1.165, 1.54) is 12.1 Å². The van der Waals surface area contributed by atoms with Gasteiger partial charge in [0.05, 0.1) is 10.0 Å². The van der Waals surface area contributed by atoms with Gasteiger partial charge in [0, 0.05) is 22.3 Å². The van der Waals surface area contributed by atoms with Gasteiger partial charge in [-0.15, -0.1) is 0 Å². The molecule has 1 heterocycles. The Balaban J connectivity index is 1.39. The molecule has 166 valence electrons. The van der Waals surface area contributed by atoms with Crippen molar-refractivity contribution in [3.63, 3.8) is 0 Å². The maximum atomic E-state index is 12.6. The maximum Gasteiger partial charge on any atom is 0.291 e. The van der Waals surface area contributed by atoms with Crippen LogP contribution in [0.2, 0.25) is 10.0 Å². The number of hydrogen-bond acceptors (Lipinski definition) is 4. The van der Waals surface area contributed by atoms with Gasteiger partial charge in [-0.25, -0.2) is 0 Å². The summed E-state index contributed by atoms with van der Waals surface area (Å²) in [4.78, 5) is 24.9. The lowest BCUT2D eigenvalue weighted by Gasteiger charge is -2.13. The second-order valence-electron chi connectivity index (χ2n) is 7.17. The molecule has 0 radical (unpaired) electrons. The van der Waals surface area contributed by atoms with Gasteiger partial charge in [-0.3, -0.25) is 14.9 Å². The van der Waals surface area contributed by atoms with Crippen LogP contribution in [-0.2, 0) is 0 Å². The number of thiocarbonyl (C=S) groups is 1. The molecular weight excluding hydrogens is 481 g/mol. The Morgan fingerprint density at radius 1 is 0.879 bits per heavy atom. The van der Waals surface area contributed by atoms with Crippen LogP contribution < -0.4 is 16.0 Å². The van der Waals surface area contributed by atoms with Crippen LogP contribution in [0.25, 0.3) is 11.0 Å². The summed E-state index contributed by atoms with van der Waals surface area (Å²) in [7, 11) is 0. The van der Waals surface area contributed by atoms with Crippen LogP contribution in [0.15, 0.2) is 71.1 Å². The van der Waals surface area contributed by atoms with Crippen molar-refractivity contribution >= 4 is 74.7 Å². The van der Waals surface area contributed by atoms with Crippen molar-refractivity contribution in [3.05, 3.63) is 93.7 Å². The Morgan fingerprint density at radius 2 is 1.67 bits per heavy atom. The number of furan rings is 1. The molecule has 33 heavy (non-hydrogen) atoms. The molecule has 9 heteroatoms. The number of carbonyl (C=O) groups excluding carboxylic acids is 2. The normalized spacial score (nSPS) is 10.6. The van der Waals surface area contributed by atoms with E-state index in [1.54, 1.807) is 36.4 Å². The molecule has 4 rings (SSSR count). The minimum atomic E-state index is -0.419. The quantitative estimate of drug-likeness (QED) is 0.283. The highest BCUT2D eigenvalue weighted by atomic mass is 35.5. The number of anilines is 2. The molecule has 3 N–H and O–H groups in total. The first-order chi connectivity index (χ1) is 15.8. The van der Waals surface area contributed by atoms with E-state index in [4.69, 9.17) is 39.8 Å². The molecule has 0 aliphatic carbocycles. The molecule has 0 spiro atoms. The minimum Gasteiger partial charge on any atom is -0.451 e. The van der Waals surface area contributed by atoms with Crippen molar-refractivity contribution in [2.24, 2.45) is 0 Å². The Kier molecular flexibility index (Phi) is 6.65. The van der Waals surface area contributed by atoms with Gasteiger partial charge in [-0.1, -0.05) is 41.4 Å². The van der Waals surface area contributed by atoms with E-state index in [2.05, 4.69) is 16.0 Å². The second-order valence-corrected chi connectivity index (χ2v) is 8.39. The summed E-state index contributed by atoms with van der Waals surface area (Å²) in [5, 5.41) is 9.99. The third kappa shape index (κ3) is 5.34. The zero-order valence-corrected chi connectivity index (χ0v) is 19.6. The molecule has 3 aromatic carbocycles. The molecule has 0 atom stereocenters. The van der Waals surface area contributed by atoms with Crippen molar-refractivity contribution in [2.45, 2.75) is 6.92 Å². The standard InChI is InChI=1S/C24H17Cl2N3O3S/c1-13-10-16(27-24(33)29-22(30)15-6-8-17(25)18(26)11-15)7-9-19(13)28-23(31)21-12-14-4-2-3-5-20(14)32-21/h2-12H,1H3,(H,28,31)(H2,27,29,30,33). The van der Waals surface area contributed by atoms with Gasteiger partial charge in [0.15, 0.2) is 10.9 Å². The van der Waals surface area contributed by atoms with Gasteiger partial charge in [-0.05, 0) is 73.2 Å². The Morgan fingerprint density at radius 3 is 2.39 bits per heavy atom. The Hall–Kier alpha value is -3.39. The Labute approximate surface area is 204 Å². The molecule has 4 aromatic rings. The van der Waals surface area contributed by atoms with Gasteiger partial charge in [-0.2, -0.15) is 0 Å². The summed E-state index contributed by atoms with van der Waals surface area (Å²) in [5.74, 6) is -0.541. The summed E-state index contributed by atoms with van der Waals surface area (Å²) in [6, 6.07) is 18.9. The summed E-state index contributed by atoms with van der Waals surface area (Å²) in [6.45, 7) is 1.84. The van der Waals surface area contributed by atoms with Crippen LogP contribution in [0.4, 0.5) is 11.4 Å². The van der Waals surface area contributed by atoms with E-state index in [9.17, 15) is 9.59 Å². The molecular formula is C24H17Cl2N3O3S. The molecule has 6 nitrogen and oxygen atoms in total. The van der Waals surface area contributed by atoms with Crippen LogP contribution in [0, 0.1) is 6.92 Å². The van der Waals surface area contributed by atoms with E-state index in [0.717, 1.165) is 10.9 Å². The van der Waals surface area contributed by atoms with E-state index in [1.807, 2.05) is 25.1 Å². The van der Waals surface area contributed by atoms with Gasteiger partial charge in [0.25, 0.3) is 11.8 Å². The fraction of sp³-hybridized carbons (Fsp3) is 0.0417. The monoisotopic (exact) mass is 497 g/mol. The summed E-state index contributed by atoms with van der Waals surface area (Å²) < 4.78 is 5.61. The van der Waals surface area contributed by atoms with E-state index in [-0.39, 0.29) is 21.8 Å². The number of rotatable bonds is 4. The summed E-state index contributed by atoms with van der Waals surface area (Å²) >= 11 is 17.1. The Bertz CT molecular complexity index is 1370. The molecule has 0 aliphatic rings. The highest BCUT2D eigenvalue weighted by Crippen LogP contribution is 2.24. The molecule has 0 aliphatic heterocycles. The largest absolute Gasteiger partial charge is 0.451 e. The first kappa shape index (κ1) is 22.8. The lowest BCUT2D eigenvalue weighted by molar-refractivity contribution is 0.0975. The number of halogens is 2. The van der Waals surface area contributed by atoms with E-state index < -0.39 is 5.91 Å². The van der Waals surface area contributed by atoms with E-state index >= 15 is 0 Å². The van der Waals surface area contributed by atoms with Crippen molar-refractivity contribution < 1.29 is 14.0 Å². The lowest BCUT2D eigenvalue weighted by atomic mass is 10.1. The molecule has 0 bridgehead atoms. The fourth-order valence-corrected chi connectivity index (χ4v) is 3.64. The van der Waals surface area contributed by atoms with Crippen LogP contribution >= 0.6 is 35.4 Å². The predicted octanol–water partition coefficient (Wildman–Crippen LogP) is 6.43. The van der Waals surface area contributed by atoms with Crippen molar-refractivity contribution in [2.75, 3.05) is 10.6 Å². The molecule has 2 amide bonds. The number of fused-ring (bicyclic) bond motifs is 1. The molecule has 1 aromatic heterocycles. The topological polar surface area (TPSA) is 83.4 Å². The zero-order valence-electron chi connectivity index (χ0n) is 17.2. The first-order valence-electron chi connectivity index (χ1n) is 9.78. The number of para-hydroxylation sites is 1. The number of aryl methyl sites for hydroxylation is 1. The van der Waals surface area contributed by atoms with Crippen LogP contribution in [-0.4, -0.2) is 16.9 Å². The average molecular weight is 498 g/mol. The predicted molar refractivity (Wildman–Crippen MR) is 135 cm³/mol. The molecule has 0 saturated heterocycles. The third-order valence-electron chi connectivity index (χ3n) is 4.79. The molecule has 0 fully saturated rings. The first-order valence-corrected chi connectivity index (χ1v) is 10.9. The van der Waals surface area contributed by atoms with Crippen molar-refractivity contribution in [1.82, 2.24) is 5.32 Å². The highest BCUT2D eigenvalue weighted by molar-refractivity contribution is 7.80. The van der Waals surface area contributed by atoms with Crippen LogP contribution in [0.1, 0.15) is 26.5 Å². The third-order valence-corrected chi connectivity index (χ3v) is 5.73. The molecule has 0 saturated carbocycles. The summed E-state index contributed by atoms with van der Waals surface area (Å²) in [6.07, 6.45) is 0.